The first-order valence-electron chi connectivity index (χ1n) is 7.61. The third-order valence-corrected chi connectivity index (χ3v) is 4.07. The van der Waals surface area contributed by atoms with Crippen LogP contribution in [-0.2, 0) is 17.7 Å². The molecule has 0 unspecified atom stereocenters. The minimum Gasteiger partial charge on any atom is -0.497 e. The van der Waals surface area contributed by atoms with Crippen molar-refractivity contribution in [3.05, 3.63) is 47.3 Å². The fourth-order valence-corrected chi connectivity index (χ4v) is 2.79. The summed E-state index contributed by atoms with van der Waals surface area (Å²) < 4.78 is 16.1. The van der Waals surface area contributed by atoms with E-state index in [0.29, 0.717) is 12.0 Å². The Morgan fingerprint density at radius 2 is 2.09 bits per heavy atom. The Bertz CT molecular complexity index is 594. The maximum atomic E-state index is 5.63. The molecule has 1 aromatic carbocycles. The van der Waals surface area contributed by atoms with Crippen LogP contribution in [0.5, 0.6) is 5.75 Å². The molecule has 2 aromatic rings. The SMILES string of the molecule is COc1ccc(CN[C@@H]2COC[C@H]2Cc2cc(C)no2)cc1. The first-order valence-corrected chi connectivity index (χ1v) is 7.61. The molecule has 1 aromatic heterocycles. The second kappa shape index (κ2) is 6.94. The predicted molar refractivity (Wildman–Crippen MR) is 82.9 cm³/mol. The van der Waals surface area contributed by atoms with Crippen LogP contribution in [-0.4, -0.2) is 31.5 Å². The molecular formula is C17H22N2O3. The van der Waals surface area contributed by atoms with Gasteiger partial charge in [0.1, 0.15) is 11.5 Å². The number of benzene rings is 1. The fourth-order valence-electron chi connectivity index (χ4n) is 2.79. The van der Waals surface area contributed by atoms with Gasteiger partial charge in [-0.25, -0.2) is 0 Å². The van der Waals surface area contributed by atoms with Gasteiger partial charge in [0, 0.05) is 31.0 Å². The average molecular weight is 302 g/mol. The summed E-state index contributed by atoms with van der Waals surface area (Å²) in [7, 11) is 1.68. The molecule has 1 N–H and O–H groups in total. The van der Waals surface area contributed by atoms with Crippen molar-refractivity contribution in [2.24, 2.45) is 5.92 Å². The van der Waals surface area contributed by atoms with Gasteiger partial charge in [-0.05, 0) is 24.6 Å². The number of methoxy groups -OCH3 is 1. The summed E-state index contributed by atoms with van der Waals surface area (Å²) in [5.41, 5.74) is 2.17. The monoisotopic (exact) mass is 302 g/mol. The Morgan fingerprint density at radius 3 is 2.77 bits per heavy atom. The summed E-state index contributed by atoms with van der Waals surface area (Å²) in [6, 6.07) is 10.5. The molecule has 1 aliphatic rings. The van der Waals surface area contributed by atoms with Gasteiger partial charge in [-0.15, -0.1) is 0 Å². The molecule has 22 heavy (non-hydrogen) atoms. The number of hydrogen-bond acceptors (Lipinski definition) is 5. The molecule has 118 valence electrons. The van der Waals surface area contributed by atoms with E-state index in [9.17, 15) is 0 Å². The largest absolute Gasteiger partial charge is 0.497 e. The Morgan fingerprint density at radius 1 is 1.27 bits per heavy atom. The summed E-state index contributed by atoms with van der Waals surface area (Å²) in [4.78, 5) is 0. The summed E-state index contributed by atoms with van der Waals surface area (Å²) in [5.74, 6) is 2.24. The zero-order valence-electron chi connectivity index (χ0n) is 13.0. The van der Waals surface area contributed by atoms with Crippen LogP contribution in [0.3, 0.4) is 0 Å². The molecule has 0 radical (unpaired) electrons. The highest BCUT2D eigenvalue weighted by atomic mass is 16.5. The highest BCUT2D eigenvalue weighted by molar-refractivity contribution is 5.27. The van der Waals surface area contributed by atoms with Crippen LogP contribution in [0, 0.1) is 12.8 Å². The maximum absolute atomic E-state index is 5.63. The van der Waals surface area contributed by atoms with Crippen molar-refractivity contribution in [3.8, 4) is 5.75 Å². The summed E-state index contributed by atoms with van der Waals surface area (Å²) in [6.45, 7) is 4.27. The molecule has 0 aliphatic carbocycles. The smallest absolute Gasteiger partial charge is 0.137 e. The molecule has 0 saturated carbocycles. The van der Waals surface area contributed by atoms with Crippen molar-refractivity contribution in [2.75, 3.05) is 20.3 Å². The number of rotatable bonds is 6. The molecule has 3 rings (SSSR count). The van der Waals surface area contributed by atoms with E-state index in [-0.39, 0.29) is 0 Å². The third kappa shape index (κ3) is 3.67. The quantitative estimate of drug-likeness (QED) is 0.887. The van der Waals surface area contributed by atoms with Gasteiger partial charge in [0.25, 0.3) is 0 Å². The van der Waals surface area contributed by atoms with Crippen LogP contribution >= 0.6 is 0 Å². The Labute approximate surface area is 130 Å². The number of nitrogens with one attached hydrogen (secondary N) is 1. The maximum Gasteiger partial charge on any atom is 0.137 e. The zero-order chi connectivity index (χ0) is 15.4. The molecule has 1 fully saturated rings. The van der Waals surface area contributed by atoms with Crippen LogP contribution in [0.4, 0.5) is 0 Å². The Hall–Kier alpha value is -1.85. The fraction of sp³-hybridized carbons (Fsp3) is 0.471. The first kappa shape index (κ1) is 15.1. The Kier molecular flexibility index (Phi) is 4.75. The second-order valence-electron chi connectivity index (χ2n) is 5.77. The molecule has 1 aliphatic heterocycles. The topological polar surface area (TPSA) is 56.5 Å². The van der Waals surface area contributed by atoms with E-state index in [4.69, 9.17) is 14.0 Å². The summed E-state index contributed by atoms with van der Waals surface area (Å²) in [5, 5.41) is 7.53. The molecule has 2 atom stereocenters. The third-order valence-electron chi connectivity index (χ3n) is 4.07. The van der Waals surface area contributed by atoms with Crippen LogP contribution in [0.25, 0.3) is 0 Å². The van der Waals surface area contributed by atoms with E-state index in [1.165, 1.54) is 5.56 Å². The van der Waals surface area contributed by atoms with Gasteiger partial charge < -0.3 is 19.3 Å². The molecule has 0 bridgehead atoms. The zero-order valence-corrected chi connectivity index (χ0v) is 13.0. The normalized spacial score (nSPS) is 21.2. The van der Waals surface area contributed by atoms with Gasteiger partial charge in [0.15, 0.2) is 0 Å². The predicted octanol–water partition coefficient (Wildman–Crippen LogP) is 2.34. The van der Waals surface area contributed by atoms with Crippen molar-refractivity contribution in [2.45, 2.75) is 25.9 Å². The van der Waals surface area contributed by atoms with Crippen molar-refractivity contribution in [3.63, 3.8) is 0 Å². The van der Waals surface area contributed by atoms with E-state index in [0.717, 1.165) is 43.4 Å². The molecule has 5 heteroatoms. The average Bonchev–Trinajstić information content (AvgIpc) is 3.15. The number of hydrogen-bond donors (Lipinski definition) is 1. The van der Waals surface area contributed by atoms with Crippen molar-refractivity contribution < 1.29 is 14.0 Å². The van der Waals surface area contributed by atoms with Crippen molar-refractivity contribution in [1.82, 2.24) is 10.5 Å². The molecule has 0 spiro atoms. The molecule has 2 heterocycles. The lowest BCUT2D eigenvalue weighted by atomic mass is 9.98. The van der Waals surface area contributed by atoms with E-state index in [1.807, 2.05) is 25.1 Å². The van der Waals surface area contributed by atoms with Crippen LogP contribution < -0.4 is 10.1 Å². The van der Waals surface area contributed by atoms with Gasteiger partial charge in [-0.3, -0.25) is 0 Å². The molecule has 1 saturated heterocycles. The van der Waals surface area contributed by atoms with Crippen molar-refractivity contribution >= 4 is 0 Å². The lowest BCUT2D eigenvalue weighted by Crippen LogP contribution is -2.36. The van der Waals surface area contributed by atoms with E-state index in [1.54, 1.807) is 7.11 Å². The highest BCUT2D eigenvalue weighted by Crippen LogP contribution is 2.20. The van der Waals surface area contributed by atoms with Gasteiger partial charge in [0.2, 0.25) is 0 Å². The van der Waals surface area contributed by atoms with Gasteiger partial charge >= 0.3 is 0 Å². The van der Waals surface area contributed by atoms with Gasteiger partial charge in [0.05, 0.1) is 26.0 Å². The van der Waals surface area contributed by atoms with Crippen LogP contribution in [0.1, 0.15) is 17.0 Å². The van der Waals surface area contributed by atoms with E-state index < -0.39 is 0 Å². The second-order valence-corrected chi connectivity index (χ2v) is 5.77. The minimum absolute atomic E-state index is 0.340. The highest BCUT2D eigenvalue weighted by Gasteiger charge is 2.29. The van der Waals surface area contributed by atoms with E-state index >= 15 is 0 Å². The van der Waals surface area contributed by atoms with Gasteiger partial charge in [-0.1, -0.05) is 17.3 Å². The van der Waals surface area contributed by atoms with Crippen molar-refractivity contribution in [1.29, 1.82) is 0 Å². The number of ether oxygens (including phenoxy) is 2. The van der Waals surface area contributed by atoms with E-state index in [2.05, 4.69) is 22.6 Å². The lowest BCUT2D eigenvalue weighted by Gasteiger charge is -2.18. The minimum atomic E-state index is 0.340. The summed E-state index contributed by atoms with van der Waals surface area (Å²) in [6.07, 6.45) is 0.862. The van der Waals surface area contributed by atoms with Gasteiger partial charge in [-0.2, -0.15) is 0 Å². The lowest BCUT2D eigenvalue weighted by molar-refractivity contribution is 0.181. The summed E-state index contributed by atoms with van der Waals surface area (Å²) >= 11 is 0. The van der Waals surface area contributed by atoms with Crippen LogP contribution in [0.2, 0.25) is 0 Å². The number of nitrogens with zero attached hydrogens (tertiary/aromatic N) is 1. The first-order chi connectivity index (χ1) is 10.7. The molecule has 0 amide bonds. The Balaban J connectivity index is 1.54. The molecular weight excluding hydrogens is 280 g/mol. The standard InChI is InChI=1S/C17H22N2O3/c1-12-7-16(22-19-12)8-14-10-21-11-17(14)18-9-13-3-5-15(20-2)6-4-13/h3-7,14,17-18H,8-11H2,1-2H3/t14-,17-/m1/s1. The number of aromatic nitrogens is 1. The number of aryl methyl sites for hydroxylation is 1. The van der Waals surface area contributed by atoms with Crippen LogP contribution in [0.15, 0.2) is 34.9 Å². The molecule has 5 nitrogen and oxygen atoms in total.